The summed E-state index contributed by atoms with van der Waals surface area (Å²) in [7, 11) is 0. The predicted molar refractivity (Wildman–Crippen MR) is 90.3 cm³/mol. The molecule has 1 aromatic carbocycles. The average Bonchev–Trinajstić information content (AvgIpc) is 2.48. The smallest absolute Gasteiger partial charge is 0.183 e. The molecule has 1 aliphatic rings. The third kappa shape index (κ3) is 4.97. The average molecular weight is 347 g/mol. The van der Waals surface area contributed by atoms with E-state index < -0.39 is 0 Å². The van der Waals surface area contributed by atoms with E-state index in [1.807, 2.05) is 30.4 Å². The first-order valence-electron chi connectivity index (χ1n) is 7.14. The molecule has 0 saturated heterocycles. The second-order valence-electron chi connectivity index (χ2n) is 4.99. The Kier molecular flexibility index (Phi) is 5.93. The summed E-state index contributed by atoms with van der Waals surface area (Å²) in [5, 5.41) is 0. The molecule has 2 N–H and O–H groups in total. The standard InChI is InChI=1S/C17H19BrN2O/c18-16-12-5-4-10-14(19)17(20-16)15(21)11-6-9-13-7-2-1-3-8-13/h1-3,7-8,10,12H,4-6,9,11,19H2/b14-10+,16-12+,20-17+. The van der Waals surface area contributed by atoms with E-state index in [1.54, 1.807) is 0 Å². The number of nitrogens with two attached hydrogens (primary N) is 1. The molecule has 0 saturated carbocycles. The van der Waals surface area contributed by atoms with Gasteiger partial charge in [0.2, 0.25) is 0 Å². The van der Waals surface area contributed by atoms with Crippen LogP contribution in [0.25, 0.3) is 0 Å². The first kappa shape index (κ1) is 15.7. The van der Waals surface area contributed by atoms with Gasteiger partial charge in [0.15, 0.2) is 5.78 Å². The van der Waals surface area contributed by atoms with Crippen molar-refractivity contribution in [2.75, 3.05) is 0 Å². The minimum Gasteiger partial charge on any atom is -0.397 e. The summed E-state index contributed by atoms with van der Waals surface area (Å²) in [5.74, 6) is 0.00642. The maximum atomic E-state index is 12.3. The maximum Gasteiger partial charge on any atom is 0.183 e. The number of carbonyl (C=O) groups excluding carboxylic acids is 1. The van der Waals surface area contributed by atoms with Gasteiger partial charge in [0.25, 0.3) is 0 Å². The van der Waals surface area contributed by atoms with Gasteiger partial charge < -0.3 is 5.73 Å². The van der Waals surface area contributed by atoms with E-state index >= 15 is 0 Å². The van der Waals surface area contributed by atoms with E-state index in [0.29, 0.717) is 22.4 Å². The van der Waals surface area contributed by atoms with Crippen molar-refractivity contribution >= 4 is 27.4 Å². The molecule has 0 spiro atoms. The fraction of sp³-hybridized carbons (Fsp3) is 0.294. The number of rotatable bonds is 5. The first-order chi connectivity index (χ1) is 10.2. The summed E-state index contributed by atoms with van der Waals surface area (Å²) >= 11 is 3.35. The zero-order chi connectivity index (χ0) is 15.1. The summed E-state index contributed by atoms with van der Waals surface area (Å²) in [6, 6.07) is 10.2. The normalized spacial score (nSPS) is 22.8. The number of benzene rings is 1. The Hall–Kier alpha value is -1.68. The monoisotopic (exact) mass is 346 g/mol. The predicted octanol–water partition coefficient (Wildman–Crippen LogP) is 3.89. The lowest BCUT2D eigenvalue weighted by Gasteiger charge is -2.08. The molecule has 1 heterocycles. The molecular formula is C17H19BrN2O. The molecule has 1 aromatic rings. The molecule has 110 valence electrons. The van der Waals surface area contributed by atoms with E-state index in [9.17, 15) is 4.79 Å². The van der Waals surface area contributed by atoms with Crippen LogP contribution in [0.1, 0.15) is 31.2 Å². The Labute approximate surface area is 133 Å². The molecule has 1 aliphatic heterocycles. The van der Waals surface area contributed by atoms with Gasteiger partial charge in [0.05, 0.1) is 5.70 Å². The van der Waals surface area contributed by atoms with Crippen molar-refractivity contribution in [1.29, 1.82) is 0 Å². The third-order valence-electron chi connectivity index (χ3n) is 3.31. The Morgan fingerprint density at radius 2 is 1.90 bits per heavy atom. The zero-order valence-electron chi connectivity index (χ0n) is 11.9. The number of ketones is 1. The number of hydrogen-bond acceptors (Lipinski definition) is 3. The van der Waals surface area contributed by atoms with Crippen molar-refractivity contribution in [3.8, 4) is 0 Å². The molecular weight excluding hydrogens is 328 g/mol. The van der Waals surface area contributed by atoms with Crippen molar-refractivity contribution in [2.24, 2.45) is 10.7 Å². The molecule has 0 atom stereocenters. The lowest BCUT2D eigenvalue weighted by molar-refractivity contribution is -0.113. The van der Waals surface area contributed by atoms with E-state index in [4.69, 9.17) is 5.73 Å². The topological polar surface area (TPSA) is 55.4 Å². The van der Waals surface area contributed by atoms with Crippen LogP contribution in [0.2, 0.25) is 0 Å². The first-order valence-corrected chi connectivity index (χ1v) is 7.93. The quantitative estimate of drug-likeness (QED) is 0.822. The molecule has 0 unspecified atom stereocenters. The molecule has 2 rings (SSSR count). The van der Waals surface area contributed by atoms with Crippen LogP contribution in [0, 0.1) is 0 Å². The van der Waals surface area contributed by atoms with Crippen molar-refractivity contribution in [3.05, 3.63) is 58.4 Å². The van der Waals surface area contributed by atoms with Crippen molar-refractivity contribution in [3.63, 3.8) is 0 Å². The van der Waals surface area contributed by atoms with E-state index in [1.165, 1.54) is 5.56 Å². The van der Waals surface area contributed by atoms with Gasteiger partial charge in [-0.25, -0.2) is 4.99 Å². The highest BCUT2D eigenvalue weighted by Crippen LogP contribution is 2.16. The molecule has 0 bridgehead atoms. The minimum absolute atomic E-state index is 0.00642. The molecule has 0 aromatic heterocycles. The fourth-order valence-corrected chi connectivity index (χ4v) is 2.60. The van der Waals surface area contributed by atoms with Crippen molar-refractivity contribution in [2.45, 2.75) is 32.1 Å². The van der Waals surface area contributed by atoms with Crippen molar-refractivity contribution in [1.82, 2.24) is 0 Å². The summed E-state index contributed by atoms with van der Waals surface area (Å²) in [5.41, 5.74) is 8.07. The Morgan fingerprint density at radius 1 is 1.19 bits per heavy atom. The Bertz CT molecular complexity index is 588. The van der Waals surface area contributed by atoms with E-state index in [-0.39, 0.29) is 5.78 Å². The van der Waals surface area contributed by atoms with Crippen LogP contribution in [0.4, 0.5) is 0 Å². The van der Waals surface area contributed by atoms with Crippen LogP contribution in [-0.4, -0.2) is 11.5 Å². The van der Waals surface area contributed by atoms with Gasteiger partial charge in [-0.1, -0.05) is 42.5 Å². The highest BCUT2D eigenvalue weighted by Gasteiger charge is 2.15. The lowest BCUT2D eigenvalue weighted by atomic mass is 10.0. The van der Waals surface area contributed by atoms with Crippen molar-refractivity contribution < 1.29 is 4.79 Å². The number of hydrogen-bond donors (Lipinski definition) is 1. The van der Waals surface area contributed by atoms with Crippen LogP contribution in [0.15, 0.2) is 57.8 Å². The van der Waals surface area contributed by atoms with Crippen LogP contribution >= 0.6 is 15.9 Å². The number of aliphatic imine (C=N–C) groups is 1. The largest absolute Gasteiger partial charge is 0.397 e. The minimum atomic E-state index is 0.00642. The van der Waals surface area contributed by atoms with Gasteiger partial charge >= 0.3 is 0 Å². The van der Waals surface area contributed by atoms with E-state index in [0.717, 1.165) is 25.7 Å². The number of Topliss-reactive ketones (excluding diaryl/α,β-unsaturated/α-hetero) is 1. The summed E-state index contributed by atoms with van der Waals surface area (Å²) in [4.78, 5) is 16.6. The number of aryl methyl sites for hydroxylation is 1. The second-order valence-corrected chi connectivity index (χ2v) is 5.80. The van der Waals surface area contributed by atoms with Crippen LogP contribution in [0.3, 0.4) is 0 Å². The molecule has 0 radical (unpaired) electrons. The summed E-state index contributed by atoms with van der Waals surface area (Å²) < 4.78 is 0.685. The highest BCUT2D eigenvalue weighted by molar-refractivity contribution is 9.11. The third-order valence-corrected chi connectivity index (χ3v) is 3.81. The molecule has 0 amide bonds. The van der Waals surface area contributed by atoms with Gasteiger partial charge in [-0.3, -0.25) is 4.79 Å². The zero-order valence-corrected chi connectivity index (χ0v) is 13.5. The van der Waals surface area contributed by atoms with Gasteiger partial charge in [-0.05, 0) is 47.2 Å². The molecule has 21 heavy (non-hydrogen) atoms. The Balaban J connectivity index is 1.97. The highest BCUT2D eigenvalue weighted by atomic mass is 79.9. The fourth-order valence-electron chi connectivity index (χ4n) is 2.19. The van der Waals surface area contributed by atoms with Crippen LogP contribution < -0.4 is 5.73 Å². The lowest BCUT2D eigenvalue weighted by Crippen LogP contribution is -2.22. The van der Waals surface area contributed by atoms with E-state index in [2.05, 4.69) is 33.1 Å². The Morgan fingerprint density at radius 3 is 2.67 bits per heavy atom. The van der Waals surface area contributed by atoms with Gasteiger partial charge in [-0.15, -0.1) is 0 Å². The number of carbonyl (C=O) groups is 1. The van der Waals surface area contributed by atoms with Gasteiger partial charge in [0, 0.05) is 6.42 Å². The molecule has 4 heteroatoms. The summed E-state index contributed by atoms with van der Waals surface area (Å²) in [6.45, 7) is 0. The molecule has 3 nitrogen and oxygen atoms in total. The van der Waals surface area contributed by atoms with Crippen LogP contribution in [0.5, 0.6) is 0 Å². The van der Waals surface area contributed by atoms with Gasteiger partial charge in [-0.2, -0.15) is 0 Å². The van der Waals surface area contributed by atoms with Gasteiger partial charge in [0.1, 0.15) is 10.3 Å². The molecule has 0 aliphatic carbocycles. The number of nitrogens with zero attached hydrogens (tertiary/aromatic N) is 1. The van der Waals surface area contributed by atoms with Crippen LogP contribution in [-0.2, 0) is 11.2 Å². The second kappa shape index (κ2) is 7.93. The summed E-state index contributed by atoms with van der Waals surface area (Å²) in [6.07, 6.45) is 7.70. The number of halogens is 1. The SMILES string of the molecule is NC1=C/CC/C=C(Br)/N=C\1C(=O)CCCc1ccccc1. The number of allylic oxidation sites excluding steroid dienone is 3. The molecule has 0 fully saturated rings. The maximum absolute atomic E-state index is 12.3.